The minimum absolute atomic E-state index is 0.0345. The summed E-state index contributed by atoms with van der Waals surface area (Å²) in [5.74, 6) is -7.88. The van der Waals surface area contributed by atoms with Crippen molar-refractivity contribution in [3.63, 3.8) is 0 Å². The van der Waals surface area contributed by atoms with Gasteiger partial charge in [0, 0.05) is 76.0 Å². The van der Waals surface area contributed by atoms with Crippen LogP contribution < -0.4 is 32.3 Å². The van der Waals surface area contributed by atoms with Gasteiger partial charge in [0.05, 0.1) is 33.7 Å². The van der Waals surface area contributed by atoms with Crippen molar-refractivity contribution in [3.8, 4) is 0 Å². The summed E-state index contributed by atoms with van der Waals surface area (Å²) in [4.78, 5) is 157. The number of amides is 7. The monoisotopic (exact) mass is 1160 g/mol. The lowest BCUT2D eigenvalue weighted by Gasteiger charge is -2.29. The summed E-state index contributed by atoms with van der Waals surface area (Å²) in [6.07, 6.45) is 0.372. The Kier molecular flexibility index (Phi) is 32.8. The number of hydrogen-bond donors (Lipinski definition) is 8. The van der Waals surface area contributed by atoms with Gasteiger partial charge in [-0.25, -0.2) is 18.4 Å². The molecule has 7 amide bonds. The van der Waals surface area contributed by atoms with Crippen LogP contribution in [0.4, 0.5) is 13.2 Å². The lowest BCUT2D eigenvalue weighted by atomic mass is 9.81. The van der Waals surface area contributed by atoms with Crippen LogP contribution in [-0.4, -0.2) is 169 Å². The maximum Gasteiger partial charge on any atom is 0.335 e. The Hall–Kier alpha value is -8.04. The first-order valence-corrected chi connectivity index (χ1v) is 26.1. The molecule has 2 aromatic rings. The molecule has 0 radical (unpaired) electrons. The van der Waals surface area contributed by atoms with Crippen molar-refractivity contribution >= 4 is 76.4 Å². The number of nitrogens with zero attached hydrogens (tertiary/aromatic N) is 1. The van der Waals surface area contributed by atoms with Gasteiger partial charge in [-0.05, 0) is 55.6 Å². The van der Waals surface area contributed by atoms with Crippen molar-refractivity contribution < 1.29 is 96.6 Å². The largest absolute Gasteiger partial charge is 0.479 e. The number of nitrogens with two attached hydrogens (primary N) is 1. The maximum absolute atomic E-state index is 13.0. The van der Waals surface area contributed by atoms with Gasteiger partial charge < -0.3 is 52.0 Å². The summed E-state index contributed by atoms with van der Waals surface area (Å²) in [6.45, 7) is -3.71. The molecule has 1 fully saturated rings. The zero-order chi connectivity index (χ0) is 61.7. The molecule has 450 valence electrons. The second-order valence-electron chi connectivity index (χ2n) is 18.7. The van der Waals surface area contributed by atoms with Gasteiger partial charge >= 0.3 is 11.9 Å². The lowest BCUT2D eigenvalue weighted by Crippen LogP contribution is -2.43. The van der Waals surface area contributed by atoms with Crippen molar-refractivity contribution in [2.45, 2.75) is 114 Å². The van der Waals surface area contributed by atoms with Crippen LogP contribution in [-0.2, 0) is 84.6 Å². The van der Waals surface area contributed by atoms with Crippen LogP contribution >= 0.6 is 0 Å². The topological polar surface area (TPSA) is 370 Å². The summed E-state index contributed by atoms with van der Waals surface area (Å²) >= 11 is 0. The first-order chi connectivity index (χ1) is 39.6. The number of hydrogen-bond acceptors (Lipinski definition) is 16. The standard InChI is InChI=1S/C33H41FN4O10.C21H28FN3O7.CH3F/c34-17-27(33(46)47)48-20-36-28(41)13-11-26(40)25(16-21-4-2-1-3-5-21)37-29(42)12-10-24(39)18-35-32(45)23-8-6-22(7-9-23)19-38-30(43)14-15-31(38)44;22-11-18(21(30)31)32-13-24-19(28)9-7-17(27)16(10-14-4-2-1-3-5-14)25-20(29)8-6-15(26)12-23;1-2/h1-5,14-15,22-23,25,27H,6-13,16-20H2,(H,35,45)(H,36,41)(H,37,42)(H,46,47);1-5,16,18H,6-13,23H2,(H,24,28)(H,25,29)(H,30,31);1H3/t22?,23?,25-,27?;16-,18?;/m00./s1/i;;1D. The molecular formula is C55H72F3N7O17. The molecule has 4 rings (SSSR count). The second kappa shape index (κ2) is 39.4. The normalized spacial score (nSPS) is 16.0. The first-order valence-electron chi connectivity index (χ1n) is 26.8. The fourth-order valence-corrected chi connectivity index (χ4v) is 8.03. The molecule has 1 saturated carbocycles. The van der Waals surface area contributed by atoms with E-state index in [9.17, 15) is 75.5 Å². The molecule has 0 bridgehead atoms. The van der Waals surface area contributed by atoms with Crippen LogP contribution in [0.5, 0.6) is 0 Å². The summed E-state index contributed by atoms with van der Waals surface area (Å²) in [5.41, 5.74) is 6.77. The number of carbonyl (C=O) groups is 13. The molecule has 2 aromatic carbocycles. The average Bonchev–Trinajstić information content (AvgIpc) is 3.97. The summed E-state index contributed by atoms with van der Waals surface area (Å²) in [6, 6.07) is 15.9. The van der Waals surface area contributed by atoms with Crippen LogP contribution in [0.2, 0.25) is 0 Å². The Morgan fingerprint density at radius 3 is 1.40 bits per heavy atom. The smallest absolute Gasteiger partial charge is 0.335 e. The minimum Gasteiger partial charge on any atom is -0.479 e. The fraction of sp³-hybridized carbons (Fsp3) is 0.509. The van der Waals surface area contributed by atoms with Crippen LogP contribution in [0.25, 0.3) is 0 Å². The van der Waals surface area contributed by atoms with E-state index in [0.717, 1.165) is 11.1 Å². The molecule has 0 spiro atoms. The van der Waals surface area contributed by atoms with Gasteiger partial charge in [0.1, 0.15) is 32.6 Å². The highest BCUT2D eigenvalue weighted by Crippen LogP contribution is 2.30. The second-order valence-corrected chi connectivity index (χ2v) is 18.7. The Morgan fingerprint density at radius 1 is 0.610 bits per heavy atom. The quantitative estimate of drug-likeness (QED) is 0.0351. The molecule has 24 nitrogen and oxygen atoms in total. The zero-order valence-electron chi connectivity index (χ0n) is 46.1. The van der Waals surface area contributed by atoms with Gasteiger partial charge in [-0.2, -0.15) is 0 Å². The number of ether oxygens (including phenoxy) is 2. The highest BCUT2D eigenvalue weighted by Gasteiger charge is 2.32. The van der Waals surface area contributed by atoms with E-state index in [2.05, 4.69) is 31.3 Å². The zero-order valence-corrected chi connectivity index (χ0v) is 45.1. The number of rotatable bonds is 36. The Bertz CT molecular complexity index is 2510. The van der Waals surface area contributed by atoms with Crippen LogP contribution in [0.1, 0.15) is 89.5 Å². The molecule has 82 heavy (non-hydrogen) atoms. The van der Waals surface area contributed by atoms with Crippen molar-refractivity contribution in [2.24, 2.45) is 17.6 Å². The lowest BCUT2D eigenvalue weighted by molar-refractivity contribution is -0.153. The first kappa shape index (κ1) is 68.2. The van der Waals surface area contributed by atoms with Gasteiger partial charge in [-0.3, -0.25) is 62.0 Å². The van der Waals surface area contributed by atoms with Gasteiger partial charge in [0.2, 0.25) is 29.5 Å². The van der Waals surface area contributed by atoms with E-state index in [-0.39, 0.29) is 118 Å². The number of halogens is 3. The third-order valence-corrected chi connectivity index (χ3v) is 12.7. The van der Waals surface area contributed by atoms with Crippen molar-refractivity contribution in [1.29, 1.82) is 0 Å². The molecule has 0 aromatic heterocycles. The summed E-state index contributed by atoms with van der Waals surface area (Å²) in [5, 5.41) is 29.8. The number of alkyl halides is 3. The third-order valence-electron chi connectivity index (χ3n) is 12.7. The number of Topliss-reactive ketones (excluding diaryl/α,β-unsaturated/α-hetero) is 4. The van der Waals surface area contributed by atoms with E-state index in [0.29, 0.717) is 32.2 Å². The number of nitrogens with one attached hydrogen (secondary N) is 5. The van der Waals surface area contributed by atoms with E-state index in [4.69, 9.17) is 22.1 Å². The highest BCUT2D eigenvalue weighted by atomic mass is 19.1. The van der Waals surface area contributed by atoms with Gasteiger partial charge in [-0.1, -0.05) is 60.7 Å². The predicted octanol–water partition coefficient (Wildman–Crippen LogP) is 1.24. The molecule has 2 aliphatic rings. The van der Waals surface area contributed by atoms with E-state index in [1.807, 2.05) is 6.07 Å². The van der Waals surface area contributed by atoms with E-state index < -0.39 is 105 Å². The predicted molar refractivity (Wildman–Crippen MR) is 285 cm³/mol. The molecule has 27 heteroatoms. The Labute approximate surface area is 472 Å². The van der Waals surface area contributed by atoms with Crippen molar-refractivity contribution in [3.05, 3.63) is 83.9 Å². The summed E-state index contributed by atoms with van der Waals surface area (Å²) in [7, 11) is -1.00. The average molecular weight is 1160 g/mol. The number of carboxylic acid groups (broad SMARTS) is 2. The van der Waals surface area contributed by atoms with Crippen LogP contribution in [0, 0.1) is 11.8 Å². The van der Waals surface area contributed by atoms with Gasteiger partial charge in [-0.15, -0.1) is 0 Å². The highest BCUT2D eigenvalue weighted by molar-refractivity contribution is 6.12. The molecule has 1 aliphatic heterocycles. The number of imide groups is 1. The molecule has 9 N–H and O–H groups in total. The SMILES string of the molecule is NCC(=O)CCC(=O)N[C@@H](Cc1ccccc1)C(=O)CCC(=O)NCOC(CF)C(=O)O.O=C(CCC(=O)N[C@@H](Cc1ccccc1)C(=O)CCC(=O)NCOC(CF)C(=O)O)CNC(=O)C1CCC(CN2C(=O)C=CC2=O)CC1.[2H]CF. The summed E-state index contributed by atoms with van der Waals surface area (Å²) < 4.78 is 50.0. The van der Waals surface area contributed by atoms with Crippen molar-refractivity contribution in [1.82, 2.24) is 31.5 Å². The number of benzene rings is 2. The van der Waals surface area contributed by atoms with Crippen LogP contribution in [0.3, 0.4) is 0 Å². The molecule has 2 unspecified atom stereocenters. The van der Waals surface area contributed by atoms with E-state index in [1.165, 1.54) is 17.1 Å². The number of aliphatic carboxylic acids is 2. The van der Waals surface area contributed by atoms with Gasteiger partial charge in [0.25, 0.3) is 11.8 Å². The molecule has 1 heterocycles. The van der Waals surface area contributed by atoms with Crippen LogP contribution in [0.15, 0.2) is 72.8 Å². The Morgan fingerprint density at radius 2 is 1.01 bits per heavy atom. The van der Waals surface area contributed by atoms with E-state index in [1.54, 1.807) is 54.6 Å². The third kappa shape index (κ3) is 27.9. The minimum atomic E-state index is -1.72. The maximum atomic E-state index is 13.0. The van der Waals surface area contributed by atoms with Gasteiger partial charge in [0.15, 0.2) is 29.6 Å². The molecule has 0 saturated heterocycles. The molecule has 4 atom stereocenters. The fourth-order valence-electron chi connectivity index (χ4n) is 8.03. The molecular weight excluding hydrogens is 1090 g/mol. The Balaban J connectivity index is 0.000000583. The van der Waals surface area contributed by atoms with Crippen molar-refractivity contribution in [2.75, 3.05) is 53.6 Å². The number of carboxylic acids is 2. The molecule has 1 aliphatic carbocycles. The number of carbonyl (C=O) groups excluding carboxylic acids is 11. The number of ketones is 4. The van der Waals surface area contributed by atoms with E-state index >= 15 is 0 Å².